The Balaban J connectivity index is 0. The van der Waals surface area contributed by atoms with E-state index in [-0.39, 0.29) is 11.0 Å². The zero-order valence-corrected chi connectivity index (χ0v) is 7.35. The topological polar surface area (TPSA) is 72.2 Å². The van der Waals surface area contributed by atoms with Crippen molar-refractivity contribution in [2.75, 3.05) is 7.11 Å². The van der Waals surface area contributed by atoms with Gasteiger partial charge in [-0.25, -0.2) is 0 Å². The summed E-state index contributed by atoms with van der Waals surface area (Å²) < 4.78 is 4.91. The maximum Gasteiger partial charge on any atom is 0.137 e. The second kappa shape index (κ2) is 5.88. The van der Waals surface area contributed by atoms with Crippen LogP contribution >= 0.6 is 11.6 Å². The number of ether oxygens (including phenoxy) is 1. The van der Waals surface area contributed by atoms with Gasteiger partial charge in [-0.1, -0.05) is 23.1 Å². The second-order valence-electron chi connectivity index (χ2n) is 1.89. The maximum absolute atomic E-state index is 5.72. The van der Waals surface area contributed by atoms with E-state index in [1.165, 1.54) is 0 Å². The van der Waals surface area contributed by atoms with Gasteiger partial charge in [0.1, 0.15) is 13.6 Å². The van der Waals surface area contributed by atoms with E-state index < -0.39 is 0 Å². The van der Waals surface area contributed by atoms with Crippen LogP contribution in [0.25, 0.3) is 0 Å². The number of rotatable bonds is 1. The van der Waals surface area contributed by atoms with E-state index in [9.17, 15) is 0 Å². The van der Waals surface area contributed by atoms with Crippen molar-refractivity contribution in [3.63, 3.8) is 0 Å². The first-order chi connectivity index (χ1) is 4.74. The van der Waals surface area contributed by atoms with Gasteiger partial charge in [-0.05, 0) is 12.1 Å². The fraction of sp³-hybridized carbons (Fsp3) is 0.143. The van der Waals surface area contributed by atoms with E-state index in [1.54, 1.807) is 25.3 Å². The third-order valence-electron chi connectivity index (χ3n) is 1.18. The van der Waals surface area contributed by atoms with Crippen molar-refractivity contribution < 1.29 is 15.7 Å². The van der Waals surface area contributed by atoms with E-state index in [2.05, 4.69) is 0 Å². The molecule has 1 aromatic carbocycles. The van der Waals surface area contributed by atoms with Crippen LogP contribution < -0.4 is 10.2 Å². The Morgan fingerprint density at radius 3 is 2.33 bits per heavy atom. The quantitative estimate of drug-likeness (QED) is 0.547. The predicted octanol–water partition coefficient (Wildman–Crippen LogP) is -0.507. The number of hydrogen-bond donors (Lipinski definition) is 0. The van der Waals surface area contributed by atoms with E-state index >= 15 is 0 Å². The molecule has 5 heteroatoms. The monoisotopic (exact) mass is 188 g/mol. The van der Waals surface area contributed by atoms with E-state index in [0.717, 1.165) is 0 Å². The van der Waals surface area contributed by atoms with Gasteiger partial charge in [0, 0.05) is 0 Å². The molecule has 0 fully saturated rings. The summed E-state index contributed by atoms with van der Waals surface area (Å²) in [6, 6.07) is 5.13. The Morgan fingerprint density at radius 2 is 1.92 bits per heavy atom. The number of methoxy groups -OCH3 is 1. The van der Waals surface area contributed by atoms with Crippen LogP contribution in [0.4, 0.5) is 0 Å². The molecule has 2 radical (unpaired) electrons. The summed E-state index contributed by atoms with van der Waals surface area (Å²) in [7, 11) is 7.01. The van der Waals surface area contributed by atoms with Crippen LogP contribution in [-0.2, 0) is 0 Å². The summed E-state index contributed by atoms with van der Waals surface area (Å²) in [5, 5.41) is 0.544. The Hall–Kier alpha value is -0.705. The van der Waals surface area contributed by atoms with Gasteiger partial charge >= 0.3 is 0 Å². The van der Waals surface area contributed by atoms with Gasteiger partial charge in [0.2, 0.25) is 0 Å². The summed E-state index contributed by atoms with van der Waals surface area (Å²) in [6.07, 6.45) is 0. The van der Waals surface area contributed by atoms with Crippen molar-refractivity contribution in [3.05, 3.63) is 23.2 Å². The third-order valence-corrected chi connectivity index (χ3v) is 1.47. The summed E-state index contributed by atoms with van der Waals surface area (Å²) in [5.74, 6) is 0.649. The van der Waals surface area contributed by atoms with E-state index in [0.29, 0.717) is 16.2 Å². The SMILES string of the molecule is O.O.[B]c1ccc(OC)c(Cl)c1. The molecule has 3 nitrogen and oxygen atoms in total. The first-order valence-corrected chi connectivity index (χ1v) is 3.21. The van der Waals surface area contributed by atoms with Crippen LogP contribution in [0.5, 0.6) is 5.75 Å². The minimum Gasteiger partial charge on any atom is -0.495 e. The Labute approximate surface area is 77.3 Å². The normalized spacial score (nSPS) is 7.83. The third kappa shape index (κ3) is 3.13. The Bertz CT molecular complexity index is 242. The molecule has 0 atom stereocenters. The lowest BCUT2D eigenvalue weighted by Crippen LogP contribution is -2.00. The molecule has 0 aliphatic carbocycles. The van der Waals surface area contributed by atoms with Crippen LogP contribution in [-0.4, -0.2) is 25.9 Å². The van der Waals surface area contributed by atoms with Gasteiger partial charge in [-0.2, -0.15) is 0 Å². The summed E-state index contributed by atoms with van der Waals surface area (Å²) >= 11 is 5.72. The molecule has 0 heterocycles. The molecule has 0 aromatic heterocycles. The molecule has 0 saturated carbocycles. The zero-order chi connectivity index (χ0) is 7.56. The fourth-order valence-corrected chi connectivity index (χ4v) is 0.949. The van der Waals surface area contributed by atoms with E-state index in [1.807, 2.05) is 0 Å². The van der Waals surface area contributed by atoms with Crippen LogP contribution in [0, 0.1) is 0 Å². The molecule has 66 valence electrons. The average molecular weight is 188 g/mol. The molecule has 4 N–H and O–H groups in total. The second-order valence-corrected chi connectivity index (χ2v) is 2.30. The fourth-order valence-electron chi connectivity index (χ4n) is 0.683. The first kappa shape index (κ1) is 13.9. The van der Waals surface area contributed by atoms with Crippen molar-refractivity contribution in [2.24, 2.45) is 0 Å². The predicted molar refractivity (Wildman–Crippen MR) is 50.6 cm³/mol. The smallest absolute Gasteiger partial charge is 0.137 e. The lowest BCUT2D eigenvalue weighted by Gasteiger charge is -2.01. The number of halogens is 1. The molecule has 0 aliphatic rings. The molecule has 0 amide bonds. The van der Waals surface area contributed by atoms with Gasteiger partial charge < -0.3 is 15.7 Å². The average Bonchev–Trinajstić information content (AvgIpc) is 1.88. The molecular weight excluding hydrogens is 178 g/mol. The number of benzene rings is 1. The van der Waals surface area contributed by atoms with E-state index in [4.69, 9.17) is 24.2 Å². The highest BCUT2D eigenvalue weighted by Gasteiger charge is 1.96. The van der Waals surface area contributed by atoms with Gasteiger partial charge in [0.15, 0.2) is 0 Å². The minimum absolute atomic E-state index is 0. The molecule has 12 heavy (non-hydrogen) atoms. The van der Waals surface area contributed by atoms with Crippen LogP contribution in [0.2, 0.25) is 5.02 Å². The van der Waals surface area contributed by atoms with Crippen molar-refractivity contribution in [1.82, 2.24) is 0 Å². The van der Waals surface area contributed by atoms with Crippen molar-refractivity contribution in [2.45, 2.75) is 0 Å². The van der Waals surface area contributed by atoms with Crippen LogP contribution in [0.1, 0.15) is 0 Å². The van der Waals surface area contributed by atoms with Gasteiger partial charge in [0.05, 0.1) is 12.1 Å². The molecule has 0 aliphatic heterocycles. The number of hydrogen-bond acceptors (Lipinski definition) is 1. The highest BCUT2D eigenvalue weighted by atomic mass is 35.5. The lowest BCUT2D eigenvalue weighted by atomic mass is 9.97. The summed E-state index contributed by atoms with van der Waals surface area (Å²) in [6.45, 7) is 0. The largest absolute Gasteiger partial charge is 0.495 e. The molecule has 0 unspecified atom stereocenters. The van der Waals surface area contributed by atoms with Crippen LogP contribution in [0.3, 0.4) is 0 Å². The van der Waals surface area contributed by atoms with Gasteiger partial charge in [0.25, 0.3) is 0 Å². The summed E-state index contributed by atoms with van der Waals surface area (Å²) in [4.78, 5) is 0. The molecular formula is C7H10BClO3. The van der Waals surface area contributed by atoms with Crippen molar-refractivity contribution in [3.8, 4) is 5.75 Å². The molecule has 0 spiro atoms. The van der Waals surface area contributed by atoms with Gasteiger partial charge in [-0.15, -0.1) is 0 Å². The van der Waals surface area contributed by atoms with Crippen LogP contribution in [0.15, 0.2) is 18.2 Å². The Morgan fingerprint density at radius 1 is 1.33 bits per heavy atom. The molecule has 1 rings (SSSR count). The molecule has 0 bridgehead atoms. The minimum atomic E-state index is 0. The Kier molecular flexibility index (Phi) is 6.79. The summed E-state index contributed by atoms with van der Waals surface area (Å²) in [5.41, 5.74) is 0.644. The lowest BCUT2D eigenvalue weighted by molar-refractivity contribution is 0.415. The van der Waals surface area contributed by atoms with Crippen molar-refractivity contribution >= 4 is 24.9 Å². The molecule has 0 saturated heterocycles. The standard InChI is InChI=1S/C7H6BClO.2H2O/c1-10-7-3-2-5(8)4-6(7)9;;/h2-4H,1H3;2*1H2. The van der Waals surface area contributed by atoms with Crippen molar-refractivity contribution in [1.29, 1.82) is 0 Å². The molecule has 1 aromatic rings. The van der Waals surface area contributed by atoms with Gasteiger partial charge in [-0.3, -0.25) is 0 Å². The maximum atomic E-state index is 5.72. The first-order valence-electron chi connectivity index (χ1n) is 2.83. The highest BCUT2D eigenvalue weighted by molar-refractivity contribution is 6.37. The highest BCUT2D eigenvalue weighted by Crippen LogP contribution is 2.20. The zero-order valence-electron chi connectivity index (χ0n) is 6.60.